The van der Waals surface area contributed by atoms with Crippen molar-refractivity contribution in [1.29, 1.82) is 0 Å². The van der Waals surface area contributed by atoms with Crippen molar-refractivity contribution in [2.24, 2.45) is 0 Å². The molecule has 57 heavy (non-hydrogen) atoms. The lowest BCUT2D eigenvalue weighted by molar-refractivity contribution is 0.670. The largest absolute Gasteiger partial charge is 0.455 e. The number of fused-ring (bicyclic) bond motifs is 9. The van der Waals surface area contributed by atoms with E-state index in [0.717, 1.165) is 55.6 Å². The average Bonchev–Trinajstić information content (AvgIpc) is 3.94. The highest BCUT2D eigenvalue weighted by Gasteiger charge is 2.18. The quantitative estimate of drug-likeness (QED) is 0.173. The van der Waals surface area contributed by atoms with Crippen LogP contribution < -0.4 is 0 Å². The lowest BCUT2D eigenvalue weighted by Gasteiger charge is -2.13. The highest BCUT2D eigenvalue weighted by atomic mass is 16.3. The first-order valence-electron chi connectivity index (χ1n) is 19.5. The van der Waals surface area contributed by atoms with Crippen molar-refractivity contribution >= 4 is 65.6 Å². The third kappa shape index (κ3) is 4.92. The van der Waals surface area contributed by atoms with E-state index >= 15 is 0 Å². The first kappa shape index (κ1) is 31.7. The molecule has 0 bridgehead atoms. The van der Waals surface area contributed by atoms with Crippen LogP contribution in [0.2, 0.25) is 0 Å². The predicted molar refractivity (Wildman–Crippen MR) is 239 cm³/mol. The summed E-state index contributed by atoms with van der Waals surface area (Å²) in [6.07, 6.45) is 0. The fourth-order valence-corrected chi connectivity index (χ4v) is 9.11. The van der Waals surface area contributed by atoms with Crippen molar-refractivity contribution in [1.82, 2.24) is 9.13 Å². The Balaban J connectivity index is 1.10. The molecule has 0 aliphatic rings. The van der Waals surface area contributed by atoms with Crippen LogP contribution in [0.25, 0.3) is 110 Å². The average molecular weight is 727 g/mol. The van der Waals surface area contributed by atoms with Gasteiger partial charge in [0, 0.05) is 49.3 Å². The van der Waals surface area contributed by atoms with Crippen LogP contribution >= 0.6 is 0 Å². The second-order valence-electron chi connectivity index (χ2n) is 14.9. The van der Waals surface area contributed by atoms with Gasteiger partial charge >= 0.3 is 0 Å². The number of hydrogen-bond donors (Lipinski definition) is 0. The van der Waals surface area contributed by atoms with E-state index in [1.807, 2.05) is 6.07 Å². The molecule has 0 N–H and O–H groups in total. The Morgan fingerprint density at radius 2 is 0.737 bits per heavy atom. The lowest BCUT2D eigenvalue weighted by Crippen LogP contribution is -1.93. The summed E-state index contributed by atoms with van der Waals surface area (Å²) in [5, 5.41) is 7.19. The van der Waals surface area contributed by atoms with Crippen LogP contribution in [0.5, 0.6) is 0 Å². The monoisotopic (exact) mass is 726 g/mol. The molecule has 0 atom stereocenters. The van der Waals surface area contributed by atoms with Gasteiger partial charge in [0.2, 0.25) is 0 Å². The van der Waals surface area contributed by atoms with Gasteiger partial charge in [-0.15, -0.1) is 0 Å². The van der Waals surface area contributed by atoms with Crippen LogP contribution in [0.15, 0.2) is 211 Å². The van der Waals surface area contributed by atoms with Crippen LogP contribution in [0, 0.1) is 0 Å². The van der Waals surface area contributed by atoms with Gasteiger partial charge in [0.1, 0.15) is 11.2 Å². The van der Waals surface area contributed by atoms with E-state index in [1.54, 1.807) is 0 Å². The lowest BCUT2D eigenvalue weighted by atomic mass is 9.91. The first-order chi connectivity index (χ1) is 28.3. The number of aromatic nitrogens is 2. The molecule has 266 valence electrons. The molecule has 3 nitrogen and oxygen atoms in total. The van der Waals surface area contributed by atoms with Gasteiger partial charge in [0.15, 0.2) is 0 Å². The van der Waals surface area contributed by atoms with Gasteiger partial charge < -0.3 is 13.6 Å². The summed E-state index contributed by atoms with van der Waals surface area (Å²) < 4.78 is 11.4. The summed E-state index contributed by atoms with van der Waals surface area (Å²) in [7, 11) is 0. The Kier molecular flexibility index (Phi) is 6.93. The molecule has 0 amide bonds. The molecule has 3 heteroatoms. The van der Waals surface area contributed by atoms with Crippen molar-refractivity contribution < 1.29 is 4.42 Å². The molecule has 0 unspecified atom stereocenters. The number of benzene rings is 9. The van der Waals surface area contributed by atoms with Crippen molar-refractivity contribution in [3.05, 3.63) is 206 Å². The van der Waals surface area contributed by atoms with Crippen LogP contribution in [-0.4, -0.2) is 9.13 Å². The SMILES string of the molecule is c1ccc(-n2c3ccccc3c3cc(-c4cc(-c5ccc6c(c5)c5ccccc5n6-c5ccccc5)cc(-c5cccc6c5oc5ccccc56)c4)ccc32)cc1. The summed E-state index contributed by atoms with van der Waals surface area (Å²) in [5.41, 5.74) is 15.7. The van der Waals surface area contributed by atoms with Crippen LogP contribution in [0.1, 0.15) is 0 Å². The Labute approximate surface area is 328 Å². The normalized spacial score (nSPS) is 11.9. The summed E-state index contributed by atoms with van der Waals surface area (Å²) in [6.45, 7) is 0. The molecule has 0 aliphatic carbocycles. The van der Waals surface area contributed by atoms with Gasteiger partial charge in [0.05, 0.1) is 22.1 Å². The molecule has 12 aromatic rings. The van der Waals surface area contributed by atoms with E-state index in [0.29, 0.717) is 0 Å². The molecule has 0 fully saturated rings. The van der Waals surface area contributed by atoms with E-state index in [-0.39, 0.29) is 0 Å². The molecule has 9 aromatic carbocycles. The maximum Gasteiger partial charge on any atom is 0.143 e. The molecule has 0 radical (unpaired) electrons. The molecule has 0 saturated carbocycles. The zero-order chi connectivity index (χ0) is 37.5. The van der Waals surface area contributed by atoms with Crippen molar-refractivity contribution in [2.45, 2.75) is 0 Å². The summed E-state index contributed by atoms with van der Waals surface area (Å²) in [5.74, 6) is 0. The molecular weight excluding hydrogens is 693 g/mol. The van der Waals surface area contributed by atoms with Crippen molar-refractivity contribution in [3.63, 3.8) is 0 Å². The van der Waals surface area contributed by atoms with E-state index in [4.69, 9.17) is 4.42 Å². The smallest absolute Gasteiger partial charge is 0.143 e. The van der Waals surface area contributed by atoms with Crippen LogP contribution in [-0.2, 0) is 0 Å². The molecule has 12 rings (SSSR count). The summed E-state index contributed by atoms with van der Waals surface area (Å²) in [4.78, 5) is 0. The second kappa shape index (κ2) is 12.5. The highest BCUT2D eigenvalue weighted by Crippen LogP contribution is 2.42. The molecule has 3 aromatic heterocycles. The van der Waals surface area contributed by atoms with Crippen LogP contribution in [0.3, 0.4) is 0 Å². The van der Waals surface area contributed by atoms with Gasteiger partial charge in [-0.1, -0.05) is 121 Å². The third-order valence-corrected chi connectivity index (χ3v) is 11.7. The van der Waals surface area contributed by atoms with E-state index < -0.39 is 0 Å². The van der Waals surface area contributed by atoms with Gasteiger partial charge in [-0.2, -0.15) is 0 Å². The van der Waals surface area contributed by atoms with Crippen molar-refractivity contribution in [3.8, 4) is 44.8 Å². The molecule has 0 saturated heterocycles. The fraction of sp³-hybridized carbons (Fsp3) is 0. The van der Waals surface area contributed by atoms with Gasteiger partial charge in [-0.25, -0.2) is 0 Å². The molecule has 0 aliphatic heterocycles. The summed E-state index contributed by atoms with van der Waals surface area (Å²) >= 11 is 0. The van der Waals surface area contributed by atoms with Crippen LogP contribution in [0.4, 0.5) is 0 Å². The van der Waals surface area contributed by atoms with Crippen molar-refractivity contribution in [2.75, 3.05) is 0 Å². The third-order valence-electron chi connectivity index (χ3n) is 11.7. The number of para-hydroxylation sites is 6. The van der Waals surface area contributed by atoms with Gasteiger partial charge in [0.25, 0.3) is 0 Å². The maximum absolute atomic E-state index is 6.62. The second-order valence-corrected chi connectivity index (χ2v) is 14.9. The zero-order valence-corrected chi connectivity index (χ0v) is 30.9. The Bertz CT molecular complexity index is 3340. The minimum atomic E-state index is 0.900. The van der Waals surface area contributed by atoms with Gasteiger partial charge in [-0.05, 0) is 113 Å². The molecular formula is C54H34N2O. The standard InChI is InChI=1S/C54H34N2O/c1-3-14-40(15-4-1)55-49-23-10-7-18-43(49)47-33-35(26-28-51(47)55)37-30-38(32-39(31-37)42-21-13-22-46-45-20-9-12-25-53(45)57-54(42)46)36-27-29-52-48(34-36)44-19-8-11-24-50(44)56(52)41-16-5-2-6-17-41/h1-34H. The predicted octanol–water partition coefficient (Wildman–Crippen LogP) is 14.8. The zero-order valence-electron chi connectivity index (χ0n) is 30.9. The molecule has 0 spiro atoms. The minimum absolute atomic E-state index is 0.900. The van der Waals surface area contributed by atoms with Gasteiger partial charge in [-0.3, -0.25) is 0 Å². The first-order valence-corrected chi connectivity index (χ1v) is 19.5. The number of nitrogens with zero attached hydrogens (tertiary/aromatic N) is 2. The number of hydrogen-bond acceptors (Lipinski definition) is 1. The van der Waals surface area contributed by atoms with E-state index in [2.05, 4.69) is 209 Å². The number of rotatable bonds is 5. The Morgan fingerprint density at radius 1 is 0.281 bits per heavy atom. The Morgan fingerprint density at radius 3 is 1.32 bits per heavy atom. The topological polar surface area (TPSA) is 23.0 Å². The summed E-state index contributed by atoms with van der Waals surface area (Å²) in [6, 6.07) is 74.5. The Hall–Kier alpha value is -7.62. The highest BCUT2D eigenvalue weighted by molar-refractivity contribution is 6.13. The minimum Gasteiger partial charge on any atom is -0.455 e. The number of furan rings is 1. The molecule has 3 heterocycles. The maximum atomic E-state index is 6.62. The van der Waals surface area contributed by atoms with E-state index in [1.165, 1.54) is 54.7 Å². The fourth-order valence-electron chi connectivity index (χ4n) is 9.11. The van der Waals surface area contributed by atoms with E-state index in [9.17, 15) is 0 Å².